The van der Waals surface area contributed by atoms with Crippen LogP contribution in [0.25, 0.3) is 0 Å². The lowest BCUT2D eigenvalue weighted by molar-refractivity contribution is -0.135. The van der Waals surface area contributed by atoms with Crippen molar-refractivity contribution in [2.45, 2.75) is 31.8 Å². The maximum atomic E-state index is 11.9. The van der Waals surface area contributed by atoms with Gasteiger partial charge in [0.05, 0.1) is 6.10 Å². The van der Waals surface area contributed by atoms with Crippen LogP contribution in [0.4, 0.5) is 5.69 Å². The van der Waals surface area contributed by atoms with Crippen molar-refractivity contribution in [3.8, 4) is 0 Å². The molecule has 2 amide bonds. The van der Waals surface area contributed by atoms with Crippen LogP contribution in [0, 0.1) is 0 Å². The summed E-state index contributed by atoms with van der Waals surface area (Å²) in [6.45, 7) is 0.345. The molecule has 1 atom stereocenters. The van der Waals surface area contributed by atoms with Crippen molar-refractivity contribution >= 4 is 23.5 Å². The minimum Gasteiger partial charge on any atom is -0.480 e. The summed E-state index contributed by atoms with van der Waals surface area (Å²) in [4.78, 5) is 33.9. The van der Waals surface area contributed by atoms with Gasteiger partial charge in [0.2, 0.25) is 5.91 Å². The van der Waals surface area contributed by atoms with Gasteiger partial charge in [0.1, 0.15) is 6.54 Å². The van der Waals surface area contributed by atoms with Gasteiger partial charge in [-0.15, -0.1) is 0 Å². The Morgan fingerprint density at radius 1 is 1.22 bits per heavy atom. The van der Waals surface area contributed by atoms with E-state index in [0.717, 1.165) is 19.4 Å². The van der Waals surface area contributed by atoms with Gasteiger partial charge in [-0.2, -0.15) is 0 Å². The molecule has 1 unspecified atom stereocenters. The third-order valence-corrected chi connectivity index (χ3v) is 3.55. The molecule has 0 radical (unpaired) electrons. The van der Waals surface area contributed by atoms with Crippen molar-refractivity contribution in [3.05, 3.63) is 29.8 Å². The highest BCUT2D eigenvalue weighted by molar-refractivity contribution is 5.97. The average Bonchev–Trinajstić information content (AvgIpc) is 3.05. The summed E-state index contributed by atoms with van der Waals surface area (Å²) in [7, 11) is 0. The predicted molar refractivity (Wildman–Crippen MR) is 83.2 cm³/mol. The van der Waals surface area contributed by atoms with Crippen LogP contribution < -0.4 is 10.6 Å². The lowest BCUT2D eigenvalue weighted by Crippen LogP contribution is -2.29. The lowest BCUT2D eigenvalue weighted by Gasteiger charge is -2.10. The summed E-state index contributed by atoms with van der Waals surface area (Å²) in [5, 5.41) is 13.5. The third kappa shape index (κ3) is 5.71. The first-order valence-electron chi connectivity index (χ1n) is 7.56. The van der Waals surface area contributed by atoms with Crippen molar-refractivity contribution in [1.82, 2.24) is 5.32 Å². The summed E-state index contributed by atoms with van der Waals surface area (Å²) < 4.78 is 5.47. The van der Waals surface area contributed by atoms with Gasteiger partial charge >= 0.3 is 5.97 Å². The van der Waals surface area contributed by atoms with Crippen LogP contribution in [0.15, 0.2) is 24.3 Å². The van der Waals surface area contributed by atoms with Crippen LogP contribution in [0.2, 0.25) is 0 Å². The highest BCUT2D eigenvalue weighted by atomic mass is 16.5. The average molecular weight is 320 g/mol. The molecule has 2 rings (SSSR count). The van der Waals surface area contributed by atoms with Gasteiger partial charge in [-0.1, -0.05) is 0 Å². The third-order valence-electron chi connectivity index (χ3n) is 3.55. The summed E-state index contributed by atoms with van der Waals surface area (Å²) in [5.41, 5.74) is 0.931. The molecule has 0 aliphatic carbocycles. The second-order valence-electron chi connectivity index (χ2n) is 5.38. The highest BCUT2D eigenvalue weighted by Gasteiger charge is 2.16. The van der Waals surface area contributed by atoms with Gasteiger partial charge in [-0.05, 0) is 43.5 Å². The molecule has 1 fully saturated rings. The van der Waals surface area contributed by atoms with Crippen molar-refractivity contribution in [3.63, 3.8) is 0 Å². The maximum Gasteiger partial charge on any atom is 0.322 e. The van der Waals surface area contributed by atoms with E-state index in [1.165, 1.54) is 12.1 Å². The first-order valence-corrected chi connectivity index (χ1v) is 7.56. The molecule has 1 aromatic carbocycles. The summed E-state index contributed by atoms with van der Waals surface area (Å²) in [5.74, 6) is -1.67. The number of hydrogen-bond acceptors (Lipinski definition) is 4. The van der Waals surface area contributed by atoms with Gasteiger partial charge in [-0.25, -0.2) is 0 Å². The second-order valence-corrected chi connectivity index (χ2v) is 5.38. The van der Waals surface area contributed by atoms with E-state index >= 15 is 0 Å². The quantitative estimate of drug-likeness (QED) is 0.704. The molecule has 23 heavy (non-hydrogen) atoms. The molecule has 7 nitrogen and oxygen atoms in total. The fourth-order valence-corrected chi connectivity index (χ4v) is 2.35. The van der Waals surface area contributed by atoms with E-state index in [1.54, 1.807) is 12.1 Å². The van der Waals surface area contributed by atoms with Crippen molar-refractivity contribution in [2.75, 3.05) is 18.5 Å². The number of amides is 2. The Morgan fingerprint density at radius 2 is 1.96 bits per heavy atom. The molecule has 1 saturated heterocycles. The zero-order valence-electron chi connectivity index (χ0n) is 12.7. The molecule has 0 spiro atoms. The Hall–Kier alpha value is -2.41. The van der Waals surface area contributed by atoms with Crippen molar-refractivity contribution in [2.24, 2.45) is 0 Å². The fraction of sp³-hybridized carbons (Fsp3) is 0.438. The molecule has 7 heteroatoms. The molecule has 1 aliphatic rings. The molecule has 3 N–H and O–H groups in total. The highest BCUT2D eigenvalue weighted by Crippen LogP contribution is 2.17. The van der Waals surface area contributed by atoms with Gasteiger partial charge in [-0.3, -0.25) is 14.4 Å². The van der Waals surface area contributed by atoms with E-state index in [-0.39, 0.29) is 12.0 Å². The molecule has 1 aromatic rings. The number of anilines is 1. The number of carboxylic acid groups (broad SMARTS) is 1. The van der Waals surface area contributed by atoms with Crippen LogP contribution in [0.5, 0.6) is 0 Å². The molecule has 124 valence electrons. The standard InChI is InChI=1S/C16H20N2O5/c19-14(8-7-13-2-1-9-23-13)18-12-5-3-11(4-6-12)16(22)17-10-15(20)21/h3-6,13H,1-2,7-10H2,(H,17,22)(H,18,19)(H,20,21). The van der Waals surface area contributed by atoms with E-state index in [2.05, 4.69) is 10.6 Å². The number of carbonyl (C=O) groups excluding carboxylic acids is 2. The first-order chi connectivity index (χ1) is 11.0. The Labute approximate surface area is 134 Å². The molecular weight excluding hydrogens is 300 g/mol. The monoisotopic (exact) mass is 320 g/mol. The summed E-state index contributed by atoms with van der Waals surface area (Å²) in [6.07, 6.45) is 3.35. The number of nitrogens with one attached hydrogen (secondary N) is 2. The van der Waals surface area contributed by atoms with E-state index in [1.807, 2.05) is 0 Å². The number of aliphatic carboxylic acids is 1. The van der Waals surface area contributed by atoms with Crippen LogP contribution >= 0.6 is 0 Å². The fourth-order valence-electron chi connectivity index (χ4n) is 2.35. The Bertz CT molecular complexity index is 564. The topological polar surface area (TPSA) is 105 Å². The van der Waals surface area contributed by atoms with Crippen LogP contribution in [-0.4, -0.2) is 42.1 Å². The zero-order chi connectivity index (χ0) is 16.7. The number of rotatable bonds is 7. The Balaban J connectivity index is 1.78. The van der Waals surface area contributed by atoms with Crippen LogP contribution in [0.3, 0.4) is 0 Å². The SMILES string of the molecule is O=C(O)CNC(=O)c1ccc(NC(=O)CCC2CCCO2)cc1. The largest absolute Gasteiger partial charge is 0.480 e. The van der Waals surface area contributed by atoms with Gasteiger partial charge < -0.3 is 20.5 Å². The minimum absolute atomic E-state index is 0.0939. The summed E-state index contributed by atoms with van der Waals surface area (Å²) in [6, 6.07) is 6.29. The molecule has 1 heterocycles. The van der Waals surface area contributed by atoms with Crippen LogP contribution in [-0.2, 0) is 14.3 Å². The number of benzene rings is 1. The van der Waals surface area contributed by atoms with E-state index in [0.29, 0.717) is 24.1 Å². The number of hydrogen-bond donors (Lipinski definition) is 3. The molecule has 0 aromatic heterocycles. The van der Waals surface area contributed by atoms with Gasteiger partial charge in [0, 0.05) is 24.3 Å². The Kier molecular flexibility index (Phi) is 6.10. The first kappa shape index (κ1) is 17.0. The number of carbonyl (C=O) groups is 3. The lowest BCUT2D eigenvalue weighted by atomic mass is 10.1. The smallest absolute Gasteiger partial charge is 0.322 e. The Morgan fingerprint density at radius 3 is 2.57 bits per heavy atom. The second kappa shape index (κ2) is 8.28. The van der Waals surface area contributed by atoms with Crippen molar-refractivity contribution < 1.29 is 24.2 Å². The number of ether oxygens (including phenoxy) is 1. The van der Waals surface area contributed by atoms with Crippen LogP contribution in [0.1, 0.15) is 36.0 Å². The summed E-state index contributed by atoms with van der Waals surface area (Å²) >= 11 is 0. The minimum atomic E-state index is -1.10. The zero-order valence-corrected chi connectivity index (χ0v) is 12.7. The van der Waals surface area contributed by atoms with E-state index < -0.39 is 18.4 Å². The van der Waals surface area contributed by atoms with Crippen molar-refractivity contribution in [1.29, 1.82) is 0 Å². The normalized spacial score (nSPS) is 16.8. The number of carboxylic acids is 1. The molecule has 1 aliphatic heterocycles. The molecule has 0 bridgehead atoms. The molecule has 0 saturated carbocycles. The molecular formula is C16H20N2O5. The van der Waals surface area contributed by atoms with E-state index in [9.17, 15) is 14.4 Å². The van der Waals surface area contributed by atoms with Gasteiger partial charge in [0.25, 0.3) is 5.91 Å². The predicted octanol–water partition coefficient (Wildman–Crippen LogP) is 1.40. The maximum absolute atomic E-state index is 11.9. The van der Waals surface area contributed by atoms with Gasteiger partial charge in [0.15, 0.2) is 0 Å². The van der Waals surface area contributed by atoms with E-state index in [4.69, 9.17) is 9.84 Å².